The van der Waals surface area contributed by atoms with E-state index in [2.05, 4.69) is 9.89 Å². The van der Waals surface area contributed by atoms with Gasteiger partial charge in [-0.05, 0) is 35.8 Å². The van der Waals surface area contributed by atoms with Crippen molar-refractivity contribution in [3.8, 4) is 0 Å². The highest BCUT2D eigenvalue weighted by Crippen LogP contribution is 2.67. The zero-order valence-corrected chi connectivity index (χ0v) is 15.0. The fourth-order valence-electron chi connectivity index (χ4n) is 2.90. The summed E-state index contributed by atoms with van der Waals surface area (Å²) in [4.78, 5) is 33.7. The molecule has 132 valence electrons. The molecule has 1 saturated heterocycles. The van der Waals surface area contributed by atoms with Gasteiger partial charge in [-0.25, -0.2) is 14.6 Å². The lowest BCUT2D eigenvalue weighted by atomic mass is 10.3. The van der Waals surface area contributed by atoms with Gasteiger partial charge >= 0.3 is 11.9 Å². The van der Waals surface area contributed by atoms with Gasteiger partial charge in [-0.2, -0.15) is 0 Å². The Balaban J connectivity index is 1.82. The third-order valence-electron chi connectivity index (χ3n) is 4.20. The molecule has 0 saturated carbocycles. The summed E-state index contributed by atoms with van der Waals surface area (Å²) in [6.07, 6.45) is 2.16. The van der Waals surface area contributed by atoms with Gasteiger partial charge in [0.1, 0.15) is 4.90 Å². The highest BCUT2D eigenvalue weighted by molar-refractivity contribution is 8.39. The Morgan fingerprint density at radius 1 is 1.08 bits per heavy atom. The summed E-state index contributed by atoms with van der Waals surface area (Å²) in [6.45, 7) is 3.08. The number of halogens is 1. The fraction of sp³-hybridized carbons (Fsp3) is 0.312. The molecule has 0 unspecified atom stereocenters. The van der Waals surface area contributed by atoms with Crippen molar-refractivity contribution in [1.29, 1.82) is 0 Å². The minimum absolute atomic E-state index is 0.463. The number of piperazine rings is 1. The minimum atomic E-state index is -2.83. The van der Waals surface area contributed by atoms with Gasteiger partial charge in [0.05, 0.1) is 5.69 Å². The molecule has 9 heteroatoms. The van der Waals surface area contributed by atoms with E-state index in [0.29, 0.717) is 33.9 Å². The molecule has 0 atom stereocenters. The van der Waals surface area contributed by atoms with E-state index in [1.54, 1.807) is 18.2 Å². The second-order valence-corrected chi connectivity index (χ2v) is 8.52. The van der Waals surface area contributed by atoms with Crippen molar-refractivity contribution in [3.63, 3.8) is 0 Å². The molecule has 0 aliphatic carbocycles. The first-order valence-electron chi connectivity index (χ1n) is 7.78. The molecule has 0 amide bonds. The molecule has 0 N–H and O–H groups in total. The Bertz CT molecular complexity index is 798. The average Bonchev–Trinajstić information content (AvgIpc) is 2.77. The molecule has 3 aliphatic heterocycles. The molecule has 0 aromatic heterocycles. The summed E-state index contributed by atoms with van der Waals surface area (Å²) in [5, 5.41) is 0.952. The molecule has 4 rings (SSSR count). The topological polar surface area (TPSA) is 71.4 Å². The van der Waals surface area contributed by atoms with Gasteiger partial charge in [0.15, 0.2) is 0 Å². The van der Waals surface area contributed by atoms with Crippen LogP contribution in [-0.2, 0) is 18.0 Å². The number of hydrogen-bond acceptors (Lipinski definition) is 7. The van der Waals surface area contributed by atoms with Gasteiger partial charge in [-0.15, -0.1) is 0 Å². The lowest BCUT2D eigenvalue weighted by Crippen LogP contribution is -2.48. The Hall–Kier alpha value is -2.03. The number of hydrogen-bond donors (Lipinski definition) is 0. The van der Waals surface area contributed by atoms with Crippen molar-refractivity contribution >= 4 is 45.0 Å². The molecule has 0 bridgehead atoms. The summed E-state index contributed by atoms with van der Waals surface area (Å²) in [5.74, 6) is -1.26. The number of amidine groups is 1. The Morgan fingerprint density at radius 2 is 1.72 bits per heavy atom. The Morgan fingerprint density at radius 3 is 2.36 bits per heavy atom. The van der Waals surface area contributed by atoms with Crippen LogP contribution in [0, 0.1) is 0 Å². The first-order chi connectivity index (χ1) is 12.0. The van der Waals surface area contributed by atoms with E-state index in [1.807, 2.05) is 11.9 Å². The minimum Gasteiger partial charge on any atom is -0.339 e. The fourth-order valence-corrected chi connectivity index (χ4v) is 5.68. The smallest absolute Gasteiger partial charge is 0.339 e. The Labute approximate surface area is 151 Å². The quantitative estimate of drug-likeness (QED) is 0.686. The molecule has 1 spiro atoms. The number of likely N-dealkylation sites (N-methyl/N-ethyl adjacent to an activating group) is 1. The van der Waals surface area contributed by atoms with Crippen molar-refractivity contribution in [1.82, 2.24) is 9.80 Å². The van der Waals surface area contributed by atoms with Crippen molar-refractivity contribution < 1.29 is 18.0 Å². The van der Waals surface area contributed by atoms with E-state index >= 15 is 0 Å². The average molecular weight is 382 g/mol. The van der Waals surface area contributed by atoms with Crippen LogP contribution in [-0.4, -0.2) is 60.1 Å². The maximum Gasteiger partial charge on any atom is 0.354 e. The number of benzene rings is 1. The van der Waals surface area contributed by atoms with Crippen LogP contribution in [0.4, 0.5) is 5.69 Å². The molecule has 7 nitrogen and oxygen atoms in total. The number of fused-ring (bicyclic) bond motifs is 2. The molecule has 25 heavy (non-hydrogen) atoms. The third kappa shape index (κ3) is 2.80. The summed E-state index contributed by atoms with van der Waals surface area (Å²) < 4.78 is 11.3. The van der Waals surface area contributed by atoms with Crippen LogP contribution in [0.25, 0.3) is 0 Å². The highest BCUT2D eigenvalue weighted by atomic mass is 35.5. The van der Waals surface area contributed by atoms with E-state index in [1.165, 1.54) is 0 Å². The number of carbonyl (C=O) groups is 2. The van der Waals surface area contributed by atoms with Gasteiger partial charge in [0.25, 0.3) is 0 Å². The van der Waals surface area contributed by atoms with E-state index in [-0.39, 0.29) is 0 Å². The molecule has 3 aliphatic rings. The summed E-state index contributed by atoms with van der Waals surface area (Å²) >= 11 is 6.14. The van der Waals surface area contributed by atoms with Crippen LogP contribution < -0.4 is 0 Å². The van der Waals surface area contributed by atoms with E-state index in [0.717, 1.165) is 25.2 Å². The van der Waals surface area contributed by atoms with Gasteiger partial charge in [0.2, 0.25) is 5.17 Å². The van der Waals surface area contributed by atoms with Crippen LogP contribution in [0.15, 0.2) is 40.2 Å². The van der Waals surface area contributed by atoms with Crippen molar-refractivity contribution in [2.45, 2.75) is 4.90 Å². The summed E-state index contributed by atoms with van der Waals surface area (Å²) in [6, 6.07) is 5.11. The van der Waals surface area contributed by atoms with Gasteiger partial charge in [-0.3, -0.25) is 0 Å². The van der Waals surface area contributed by atoms with Crippen LogP contribution in [0.1, 0.15) is 0 Å². The summed E-state index contributed by atoms with van der Waals surface area (Å²) in [5.41, 5.74) is 0.607. The molecule has 1 aromatic rings. The number of nitrogens with zero attached hydrogens (tertiary/aromatic N) is 3. The lowest BCUT2D eigenvalue weighted by molar-refractivity contribution is -0.129. The van der Waals surface area contributed by atoms with E-state index in [9.17, 15) is 9.59 Å². The number of carbonyl (C=O) groups excluding carboxylic acids is 2. The molecule has 1 fully saturated rings. The van der Waals surface area contributed by atoms with E-state index in [4.69, 9.17) is 20.0 Å². The Kier molecular flexibility index (Phi) is 3.98. The maximum absolute atomic E-state index is 12.1. The first kappa shape index (κ1) is 16.4. The van der Waals surface area contributed by atoms with Gasteiger partial charge < -0.3 is 18.2 Å². The largest absolute Gasteiger partial charge is 0.354 e. The first-order valence-corrected chi connectivity index (χ1v) is 9.64. The number of aliphatic imine (C=N–C) groups is 1. The van der Waals surface area contributed by atoms with Crippen LogP contribution in [0.2, 0.25) is 5.02 Å². The van der Waals surface area contributed by atoms with Crippen LogP contribution >= 0.6 is 22.2 Å². The SMILES string of the molecule is CN1CCN(C2=Nc3ccc(Cl)cc3S23OC(=O)C=CC(=O)O3)CC1. The molecular weight excluding hydrogens is 366 g/mol. The zero-order valence-electron chi connectivity index (χ0n) is 13.5. The normalized spacial score (nSPS) is 23.6. The molecule has 3 heterocycles. The molecular formula is C16H16ClN3O4S. The van der Waals surface area contributed by atoms with Crippen molar-refractivity contribution in [3.05, 3.63) is 35.4 Å². The van der Waals surface area contributed by atoms with Crippen LogP contribution in [0.3, 0.4) is 0 Å². The van der Waals surface area contributed by atoms with Crippen molar-refractivity contribution in [2.75, 3.05) is 33.2 Å². The lowest BCUT2D eigenvalue weighted by Gasteiger charge is -2.43. The molecule has 1 aromatic carbocycles. The monoisotopic (exact) mass is 381 g/mol. The predicted molar refractivity (Wildman–Crippen MR) is 94.8 cm³/mol. The second kappa shape index (κ2) is 6.05. The second-order valence-electron chi connectivity index (χ2n) is 5.94. The van der Waals surface area contributed by atoms with Crippen LogP contribution in [0.5, 0.6) is 0 Å². The highest BCUT2D eigenvalue weighted by Gasteiger charge is 2.46. The van der Waals surface area contributed by atoms with Crippen molar-refractivity contribution in [2.24, 2.45) is 4.99 Å². The molecule has 0 radical (unpaired) electrons. The number of rotatable bonds is 0. The zero-order chi connectivity index (χ0) is 17.6. The van der Waals surface area contributed by atoms with Gasteiger partial charge in [0, 0.05) is 43.4 Å². The maximum atomic E-state index is 12.1. The summed E-state index contributed by atoms with van der Waals surface area (Å²) in [7, 11) is -0.783. The van der Waals surface area contributed by atoms with Gasteiger partial charge in [-0.1, -0.05) is 11.6 Å². The van der Waals surface area contributed by atoms with E-state index < -0.39 is 22.5 Å². The third-order valence-corrected chi connectivity index (χ3v) is 6.97. The standard InChI is InChI=1S/C16H16ClN3O4S/c1-19-6-8-20(9-7-19)16-18-12-3-2-11(17)10-13(12)25(16)23-14(21)4-5-15(22)24-25/h2-5,10H,6-9H2,1H3. The predicted octanol–water partition coefficient (Wildman–Crippen LogP) is 2.24.